The van der Waals surface area contributed by atoms with Crippen LogP contribution in [0.3, 0.4) is 0 Å². The van der Waals surface area contributed by atoms with Crippen LogP contribution >= 0.6 is 0 Å². The molecule has 0 atom stereocenters. The Bertz CT molecular complexity index is 338. The summed E-state index contributed by atoms with van der Waals surface area (Å²) in [5.74, 6) is 0. The van der Waals surface area contributed by atoms with Crippen molar-refractivity contribution in [1.82, 2.24) is 0 Å². The van der Waals surface area contributed by atoms with Crippen LogP contribution in [0.5, 0.6) is 0 Å². The summed E-state index contributed by atoms with van der Waals surface area (Å²) < 4.78 is 0. The Kier molecular flexibility index (Phi) is 2.00. The number of aliphatic imine (C=N–C) groups is 1. The molecule has 0 unspecified atom stereocenters. The first kappa shape index (κ1) is 7.86. The van der Waals surface area contributed by atoms with Gasteiger partial charge < -0.3 is 10.6 Å². The number of rotatable bonds is 1. The van der Waals surface area contributed by atoms with Gasteiger partial charge in [0.25, 0.3) is 0 Å². The monoisotopic (exact) mass is 173 g/mol. The molecule has 0 saturated carbocycles. The number of hydrogen-bond donors (Lipinski definition) is 1. The van der Waals surface area contributed by atoms with E-state index in [0.29, 0.717) is 6.67 Å². The van der Waals surface area contributed by atoms with Crippen LogP contribution in [-0.4, -0.2) is 12.9 Å². The van der Waals surface area contributed by atoms with Crippen LogP contribution in [0.1, 0.15) is 0 Å². The fourth-order valence-electron chi connectivity index (χ4n) is 1.22. The van der Waals surface area contributed by atoms with Gasteiger partial charge in [0.1, 0.15) is 6.67 Å². The molecule has 2 rings (SSSR count). The summed E-state index contributed by atoms with van der Waals surface area (Å²) in [6, 6.07) is 7.75. The maximum Gasteiger partial charge on any atom is 0.114 e. The van der Waals surface area contributed by atoms with Crippen molar-refractivity contribution in [3.63, 3.8) is 0 Å². The largest absolute Gasteiger partial charge is 0.399 e. The van der Waals surface area contributed by atoms with Gasteiger partial charge in [0.2, 0.25) is 0 Å². The van der Waals surface area contributed by atoms with E-state index >= 15 is 0 Å². The zero-order chi connectivity index (χ0) is 9.10. The van der Waals surface area contributed by atoms with Crippen LogP contribution in [0.25, 0.3) is 0 Å². The third-order valence-corrected chi connectivity index (χ3v) is 1.92. The van der Waals surface area contributed by atoms with Crippen LogP contribution in [0.2, 0.25) is 0 Å². The van der Waals surface area contributed by atoms with Crippen molar-refractivity contribution in [3.8, 4) is 0 Å². The lowest BCUT2D eigenvalue weighted by Gasteiger charge is -2.19. The van der Waals surface area contributed by atoms with E-state index in [1.807, 2.05) is 36.5 Å². The molecule has 0 spiro atoms. The normalized spacial score (nSPS) is 14.9. The first-order chi connectivity index (χ1) is 6.36. The minimum atomic E-state index is 0.681. The van der Waals surface area contributed by atoms with Crippen molar-refractivity contribution in [3.05, 3.63) is 36.5 Å². The number of nitrogen functional groups attached to an aromatic ring is 1. The summed E-state index contributed by atoms with van der Waals surface area (Å²) in [5, 5.41) is 0. The summed E-state index contributed by atoms with van der Waals surface area (Å²) in [6.07, 6.45) is 5.71. The maximum absolute atomic E-state index is 5.59. The SMILES string of the molecule is Nc1ccc(N2C=CC=NC2)cc1. The number of nitrogens with zero attached hydrogens (tertiary/aromatic N) is 2. The Morgan fingerprint density at radius 2 is 2.00 bits per heavy atom. The highest BCUT2D eigenvalue weighted by molar-refractivity contribution is 5.74. The van der Waals surface area contributed by atoms with Crippen molar-refractivity contribution < 1.29 is 0 Å². The molecule has 0 aromatic heterocycles. The first-order valence-electron chi connectivity index (χ1n) is 4.15. The van der Waals surface area contributed by atoms with Gasteiger partial charge in [0.15, 0.2) is 0 Å². The lowest BCUT2D eigenvalue weighted by atomic mass is 10.2. The average molecular weight is 173 g/mol. The van der Waals surface area contributed by atoms with Crippen LogP contribution in [0.4, 0.5) is 11.4 Å². The second-order valence-corrected chi connectivity index (χ2v) is 2.88. The fourth-order valence-corrected chi connectivity index (χ4v) is 1.22. The molecule has 1 aromatic carbocycles. The summed E-state index contributed by atoms with van der Waals surface area (Å²) >= 11 is 0. The van der Waals surface area contributed by atoms with Gasteiger partial charge in [0.05, 0.1) is 0 Å². The Hall–Kier alpha value is -1.77. The zero-order valence-electron chi connectivity index (χ0n) is 7.22. The molecule has 3 nitrogen and oxygen atoms in total. The highest BCUT2D eigenvalue weighted by Gasteiger charge is 2.02. The molecular weight excluding hydrogens is 162 g/mol. The van der Waals surface area contributed by atoms with E-state index < -0.39 is 0 Å². The number of benzene rings is 1. The van der Waals surface area contributed by atoms with Gasteiger partial charge in [-0.1, -0.05) is 0 Å². The number of allylic oxidation sites excluding steroid dienone is 1. The quantitative estimate of drug-likeness (QED) is 0.656. The van der Waals surface area contributed by atoms with Gasteiger partial charge in [0, 0.05) is 23.8 Å². The Balaban J connectivity index is 2.21. The van der Waals surface area contributed by atoms with Crippen molar-refractivity contribution >= 4 is 17.6 Å². The standard InChI is InChI=1S/C10H11N3/c11-9-2-4-10(5-3-9)13-7-1-6-12-8-13/h1-7H,8,11H2. The molecule has 0 aliphatic carbocycles. The van der Waals surface area contributed by atoms with Crippen molar-refractivity contribution in [2.75, 3.05) is 17.3 Å². The Morgan fingerprint density at radius 1 is 1.23 bits per heavy atom. The third-order valence-electron chi connectivity index (χ3n) is 1.92. The van der Waals surface area contributed by atoms with Crippen LogP contribution < -0.4 is 10.6 Å². The molecule has 0 bridgehead atoms. The topological polar surface area (TPSA) is 41.6 Å². The first-order valence-corrected chi connectivity index (χ1v) is 4.15. The van der Waals surface area contributed by atoms with Crippen LogP contribution in [-0.2, 0) is 0 Å². The third kappa shape index (κ3) is 1.69. The minimum Gasteiger partial charge on any atom is -0.399 e. The Morgan fingerprint density at radius 3 is 2.62 bits per heavy atom. The molecular formula is C10H11N3. The predicted octanol–water partition coefficient (Wildman–Crippen LogP) is 1.63. The summed E-state index contributed by atoms with van der Waals surface area (Å²) in [4.78, 5) is 6.20. The molecule has 1 heterocycles. The van der Waals surface area contributed by atoms with Crippen LogP contribution in [0, 0.1) is 0 Å². The number of hydrogen-bond acceptors (Lipinski definition) is 3. The van der Waals surface area contributed by atoms with Gasteiger partial charge in [-0.25, -0.2) is 0 Å². The molecule has 2 N–H and O–H groups in total. The average Bonchev–Trinajstić information content (AvgIpc) is 2.20. The van der Waals surface area contributed by atoms with E-state index in [1.54, 1.807) is 6.21 Å². The molecule has 1 aliphatic heterocycles. The predicted molar refractivity (Wildman–Crippen MR) is 55.8 cm³/mol. The molecule has 0 saturated heterocycles. The van der Waals surface area contributed by atoms with Gasteiger partial charge in [-0.15, -0.1) is 0 Å². The highest BCUT2D eigenvalue weighted by atomic mass is 15.2. The van der Waals surface area contributed by atoms with Crippen molar-refractivity contribution in [1.29, 1.82) is 0 Å². The van der Waals surface area contributed by atoms with E-state index in [9.17, 15) is 0 Å². The lowest BCUT2D eigenvalue weighted by Crippen LogP contribution is -2.18. The smallest absolute Gasteiger partial charge is 0.114 e. The van der Waals surface area contributed by atoms with E-state index in [1.165, 1.54) is 0 Å². The van der Waals surface area contributed by atoms with Gasteiger partial charge in [-0.3, -0.25) is 4.99 Å². The van der Waals surface area contributed by atoms with Crippen molar-refractivity contribution in [2.24, 2.45) is 4.99 Å². The highest BCUT2D eigenvalue weighted by Crippen LogP contribution is 2.17. The summed E-state index contributed by atoms with van der Waals surface area (Å²) in [5.41, 5.74) is 7.49. The van der Waals surface area contributed by atoms with Gasteiger partial charge >= 0.3 is 0 Å². The lowest BCUT2D eigenvalue weighted by molar-refractivity contribution is 0.970. The van der Waals surface area contributed by atoms with Crippen LogP contribution in [0.15, 0.2) is 41.5 Å². The summed E-state index contributed by atoms with van der Waals surface area (Å²) in [7, 11) is 0. The van der Waals surface area contributed by atoms with E-state index in [4.69, 9.17) is 5.73 Å². The van der Waals surface area contributed by atoms with E-state index in [0.717, 1.165) is 11.4 Å². The van der Waals surface area contributed by atoms with Gasteiger partial charge in [-0.2, -0.15) is 0 Å². The second kappa shape index (κ2) is 3.31. The molecule has 13 heavy (non-hydrogen) atoms. The molecule has 0 amide bonds. The fraction of sp³-hybridized carbons (Fsp3) is 0.100. The minimum absolute atomic E-state index is 0.681. The number of nitrogens with two attached hydrogens (primary N) is 1. The van der Waals surface area contributed by atoms with E-state index in [-0.39, 0.29) is 0 Å². The summed E-state index contributed by atoms with van der Waals surface area (Å²) in [6.45, 7) is 0.681. The number of anilines is 2. The maximum atomic E-state index is 5.59. The Labute approximate surface area is 77.2 Å². The molecule has 0 fully saturated rings. The second-order valence-electron chi connectivity index (χ2n) is 2.88. The zero-order valence-corrected chi connectivity index (χ0v) is 7.22. The molecule has 3 heteroatoms. The molecule has 66 valence electrons. The van der Waals surface area contributed by atoms with Gasteiger partial charge in [-0.05, 0) is 30.3 Å². The molecule has 0 radical (unpaired) electrons. The van der Waals surface area contributed by atoms with Crippen molar-refractivity contribution in [2.45, 2.75) is 0 Å². The molecule has 1 aliphatic rings. The molecule has 1 aromatic rings. The van der Waals surface area contributed by atoms with E-state index in [2.05, 4.69) is 9.89 Å².